The lowest BCUT2D eigenvalue weighted by Crippen LogP contribution is -2.32. The Morgan fingerprint density at radius 2 is 1.88 bits per heavy atom. The molecule has 24 heavy (non-hydrogen) atoms. The van der Waals surface area contributed by atoms with E-state index in [-0.39, 0.29) is 11.9 Å². The zero-order chi connectivity index (χ0) is 16.9. The zero-order valence-electron chi connectivity index (χ0n) is 13.8. The highest BCUT2D eigenvalue weighted by atomic mass is 16.2. The monoisotopic (exact) mass is 320 g/mol. The number of benzene rings is 1. The molecule has 0 spiro atoms. The molecule has 2 heterocycles. The van der Waals surface area contributed by atoms with Crippen molar-refractivity contribution in [2.24, 2.45) is 0 Å². The third-order valence-electron chi connectivity index (χ3n) is 3.91. The molecule has 5 heteroatoms. The van der Waals surface area contributed by atoms with Crippen LogP contribution in [0, 0.1) is 0 Å². The molecule has 3 aromatic rings. The smallest absolute Gasteiger partial charge is 0.272 e. The maximum absolute atomic E-state index is 12.4. The van der Waals surface area contributed by atoms with E-state index in [1.807, 2.05) is 62.4 Å². The molecular formula is C19H20N4O. The van der Waals surface area contributed by atoms with Gasteiger partial charge in [0, 0.05) is 24.0 Å². The first-order valence-corrected chi connectivity index (χ1v) is 8.05. The van der Waals surface area contributed by atoms with Gasteiger partial charge in [-0.25, -0.2) is 4.68 Å². The molecule has 1 aromatic carbocycles. The number of pyridine rings is 1. The van der Waals surface area contributed by atoms with E-state index in [0.29, 0.717) is 5.69 Å². The molecule has 0 radical (unpaired) electrons. The van der Waals surface area contributed by atoms with Crippen molar-refractivity contribution in [1.29, 1.82) is 0 Å². The van der Waals surface area contributed by atoms with Gasteiger partial charge in [0.05, 0.1) is 11.4 Å². The van der Waals surface area contributed by atoms with Gasteiger partial charge in [0.1, 0.15) is 0 Å². The number of rotatable bonds is 5. The number of hydrogen-bond donors (Lipinski definition) is 1. The van der Waals surface area contributed by atoms with Gasteiger partial charge in [0.25, 0.3) is 5.91 Å². The van der Waals surface area contributed by atoms with E-state index in [1.165, 1.54) is 0 Å². The minimum Gasteiger partial charge on any atom is -0.348 e. The number of nitrogens with one attached hydrogen (secondary N) is 1. The van der Waals surface area contributed by atoms with Crippen molar-refractivity contribution in [3.8, 4) is 16.9 Å². The summed E-state index contributed by atoms with van der Waals surface area (Å²) in [5, 5.41) is 7.49. The summed E-state index contributed by atoms with van der Waals surface area (Å²) in [6.45, 7) is 4.02. The maximum atomic E-state index is 12.4. The average molecular weight is 320 g/mol. The van der Waals surface area contributed by atoms with Crippen molar-refractivity contribution in [3.05, 3.63) is 66.6 Å². The van der Waals surface area contributed by atoms with Crippen LogP contribution >= 0.6 is 0 Å². The van der Waals surface area contributed by atoms with Crippen LogP contribution in [0.2, 0.25) is 0 Å². The Bertz CT molecular complexity index is 755. The van der Waals surface area contributed by atoms with Gasteiger partial charge < -0.3 is 5.32 Å². The highest BCUT2D eigenvalue weighted by molar-refractivity contribution is 5.93. The van der Waals surface area contributed by atoms with Crippen molar-refractivity contribution in [2.45, 2.75) is 26.3 Å². The van der Waals surface area contributed by atoms with Crippen LogP contribution in [0.25, 0.3) is 16.9 Å². The highest BCUT2D eigenvalue weighted by Crippen LogP contribution is 2.23. The van der Waals surface area contributed by atoms with Crippen LogP contribution in [0.3, 0.4) is 0 Å². The van der Waals surface area contributed by atoms with Gasteiger partial charge in [-0.05, 0) is 43.7 Å². The first-order chi connectivity index (χ1) is 11.7. The van der Waals surface area contributed by atoms with Crippen LogP contribution in [-0.2, 0) is 0 Å². The van der Waals surface area contributed by atoms with Crippen LogP contribution in [0.1, 0.15) is 30.8 Å². The molecule has 1 amide bonds. The lowest BCUT2D eigenvalue weighted by Gasteiger charge is -2.09. The summed E-state index contributed by atoms with van der Waals surface area (Å²) in [4.78, 5) is 16.5. The number of hydrogen-bond acceptors (Lipinski definition) is 3. The molecule has 0 fully saturated rings. The van der Waals surface area contributed by atoms with Gasteiger partial charge in [0.15, 0.2) is 5.69 Å². The molecule has 0 aliphatic rings. The predicted octanol–water partition coefficient (Wildman–Crippen LogP) is 3.46. The Morgan fingerprint density at radius 1 is 1.17 bits per heavy atom. The summed E-state index contributed by atoms with van der Waals surface area (Å²) < 4.78 is 1.79. The van der Waals surface area contributed by atoms with Gasteiger partial charge >= 0.3 is 0 Å². The second kappa shape index (κ2) is 7.08. The van der Waals surface area contributed by atoms with E-state index in [4.69, 9.17) is 0 Å². The molecule has 5 nitrogen and oxygen atoms in total. The molecule has 122 valence electrons. The minimum absolute atomic E-state index is 0.115. The first-order valence-electron chi connectivity index (χ1n) is 8.05. The zero-order valence-corrected chi connectivity index (χ0v) is 13.8. The maximum Gasteiger partial charge on any atom is 0.272 e. The molecule has 3 rings (SSSR count). The lowest BCUT2D eigenvalue weighted by atomic mass is 10.1. The highest BCUT2D eigenvalue weighted by Gasteiger charge is 2.17. The summed E-state index contributed by atoms with van der Waals surface area (Å²) in [6, 6.07) is 15.5. The van der Waals surface area contributed by atoms with Crippen LogP contribution in [0.4, 0.5) is 0 Å². The number of carbonyl (C=O) groups excluding carboxylic acids is 1. The molecule has 1 N–H and O–H groups in total. The molecule has 2 aromatic heterocycles. The van der Waals surface area contributed by atoms with Gasteiger partial charge in [0.2, 0.25) is 0 Å². The van der Waals surface area contributed by atoms with Crippen molar-refractivity contribution < 1.29 is 4.79 Å². The molecule has 0 saturated carbocycles. The van der Waals surface area contributed by atoms with E-state index in [2.05, 4.69) is 15.4 Å². The average Bonchev–Trinajstić information content (AvgIpc) is 3.08. The van der Waals surface area contributed by atoms with Crippen LogP contribution in [0.15, 0.2) is 60.9 Å². The SMILES string of the molecule is CCC(C)NC(=O)c1cc(-c2ccncc2)n(-c2ccccc2)n1. The molecule has 0 saturated heterocycles. The minimum atomic E-state index is -0.158. The Balaban J connectivity index is 2.05. The van der Waals surface area contributed by atoms with Crippen molar-refractivity contribution in [1.82, 2.24) is 20.1 Å². The third-order valence-corrected chi connectivity index (χ3v) is 3.91. The fourth-order valence-electron chi connectivity index (χ4n) is 2.39. The van der Waals surface area contributed by atoms with Crippen molar-refractivity contribution in [3.63, 3.8) is 0 Å². The number of amides is 1. The van der Waals surface area contributed by atoms with E-state index >= 15 is 0 Å². The number of para-hydroxylation sites is 1. The number of carbonyl (C=O) groups is 1. The summed E-state index contributed by atoms with van der Waals surface area (Å²) in [5.41, 5.74) is 3.14. The lowest BCUT2D eigenvalue weighted by molar-refractivity contribution is 0.0934. The van der Waals surface area contributed by atoms with Crippen LogP contribution in [0.5, 0.6) is 0 Å². The Hall–Kier alpha value is -2.95. The Kier molecular flexibility index (Phi) is 4.70. The standard InChI is InChI=1S/C19H20N4O/c1-3-14(2)21-19(24)17-13-18(15-9-11-20-12-10-15)23(22-17)16-7-5-4-6-8-16/h4-14H,3H2,1-2H3,(H,21,24). The molecular weight excluding hydrogens is 300 g/mol. The fraction of sp³-hybridized carbons (Fsp3) is 0.211. The summed E-state index contributed by atoms with van der Waals surface area (Å²) >= 11 is 0. The topological polar surface area (TPSA) is 59.8 Å². The molecule has 0 aliphatic heterocycles. The normalized spacial score (nSPS) is 11.9. The largest absolute Gasteiger partial charge is 0.348 e. The van der Waals surface area contributed by atoms with Gasteiger partial charge in [-0.3, -0.25) is 9.78 Å². The third kappa shape index (κ3) is 3.35. The van der Waals surface area contributed by atoms with Crippen LogP contribution < -0.4 is 5.32 Å². The Morgan fingerprint density at radius 3 is 2.54 bits per heavy atom. The van der Waals surface area contributed by atoms with E-state index in [0.717, 1.165) is 23.4 Å². The number of nitrogens with zero attached hydrogens (tertiary/aromatic N) is 3. The fourth-order valence-corrected chi connectivity index (χ4v) is 2.39. The van der Waals surface area contributed by atoms with Crippen molar-refractivity contribution in [2.75, 3.05) is 0 Å². The summed E-state index contributed by atoms with van der Waals surface area (Å²) in [6.07, 6.45) is 4.34. The first kappa shape index (κ1) is 15.9. The number of aromatic nitrogens is 3. The van der Waals surface area contributed by atoms with E-state index < -0.39 is 0 Å². The van der Waals surface area contributed by atoms with Crippen molar-refractivity contribution >= 4 is 5.91 Å². The molecule has 0 bridgehead atoms. The molecule has 1 unspecified atom stereocenters. The van der Waals surface area contributed by atoms with Gasteiger partial charge in [-0.2, -0.15) is 5.10 Å². The van der Waals surface area contributed by atoms with Crippen LogP contribution in [-0.4, -0.2) is 26.7 Å². The summed E-state index contributed by atoms with van der Waals surface area (Å²) in [5.74, 6) is -0.158. The molecule has 0 aliphatic carbocycles. The molecule has 1 atom stereocenters. The van der Waals surface area contributed by atoms with E-state index in [1.54, 1.807) is 17.1 Å². The second-order valence-corrected chi connectivity index (χ2v) is 5.68. The van der Waals surface area contributed by atoms with Gasteiger partial charge in [-0.1, -0.05) is 25.1 Å². The Labute approximate surface area is 141 Å². The predicted molar refractivity (Wildman–Crippen MR) is 94.0 cm³/mol. The second-order valence-electron chi connectivity index (χ2n) is 5.68. The summed E-state index contributed by atoms with van der Waals surface area (Å²) in [7, 11) is 0. The quantitative estimate of drug-likeness (QED) is 0.783. The van der Waals surface area contributed by atoms with Gasteiger partial charge in [-0.15, -0.1) is 0 Å². The van der Waals surface area contributed by atoms with E-state index in [9.17, 15) is 4.79 Å².